The number of hydrogen-bond donors (Lipinski definition) is 1. The lowest BCUT2D eigenvalue weighted by atomic mass is 10.1. The molecule has 2 heterocycles. The van der Waals surface area contributed by atoms with Crippen molar-refractivity contribution in [2.24, 2.45) is 0 Å². The van der Waals surface area contributed by atoms with Crippen LogP contribution in [0.2, 0.25) is 0 Å². The second-order valence-corrected chi connectivity index (χ2v) is 7.64. The number of carbonyl (C=O) groups is 1. The van der Waals surface area contributed by atoms with Crippen LogP contribution in [-0.2, 0) is 17.8 Å². The van der Waals surface area contributed by atoms with E-state index >= 15 is 0 Å². The van der Waals surface area contributed by atoms with Crippen LogP contribution in [0.3, 0.4) is 0 Å². The average Bonchev–Trinajstić information content (AvgIpc) is 3.26. The normalized spacial score (nSPS) is 10.8. The van der Waals surface area contributed by atoms with Gasteiger partial charge >= 0.3 is 0 Å². The van der Waals surface area contributed by atoms with E-state index in [1.807, 2.05) is 29.7 Å². The molecule has 3 rings (SSSR count). The van der Waals surface area contributed by atoms with E-state index in [0.29, 0.717) is 17.5 Å². The Labute approximate surface area is 154 Å². The molecule has 0 spiro atoms. The van der Waals surface area contributed by atoms with Gasteiger partial charge in [-0.3, -0.25) is 9.36 Å². The van der Waals surface area contributed by atoms with Crippen LogP contribution in [-0.4, -0.2) is 31.4 Å². The van der Waals surface area contributed by atoms with Crippen LogP contribution in [0.1, 0.15) is 22.4 Å². The van der Waals surface area contributed by atoms with Crippen molar-refractivity contribution < 1.29 is 4.79 Å². The van der Waals surface area contributed by atoms with Crippen molar-refractivity contribution in [3.63, 3.8) is 0 Å². The highest BCUT2D eigenvalue weighted by molar-refractivity contribution is 7.99. The van der Waals surface area contributed by atoms with Crippen molar-refractivity contribution in [3.05, 3.63) is 52.2 Å². The molecule has 2 aromatic heterocycles. The van der Waals surface area contributed by atoms with E-state index in [9.17, 15) is 4.79 Å². The molecule has 8 heteroatoms. The Kier molecular flexibility index (Phi) is 5.83. The van der Waals surface area contributed by atoms with Crippen molar-refractivity contribution in [2.75, 3.05) is 5.75 Å². The maximum Gasteiger partial charge on any atom is 0.230 e. The molecule has 1 amide bonds. The van der Waals surface area contributed by atoms with Crippen molar-refractivity contribution in [2.45, 2.75) is 32.0 Å². The molecule has 0 unspecified atom stereocenters. The first-order valence-corrected chi connectivity index (χ1v) is 9.76. The fraction of sp³-hybridized carbons (Fsp3) is 0.294. The monoisotopic (exact) mass is 373 g/mol. The number of aryl methyl sites for hydroxylation is 2. The van der Waals surface area contributed by atoms with Gasteiger partial charge in [0.25, 0.3) is 0 Å². The molecule has 0 saturated carbocycles. The lowest BCUT2D eigenvalue weighted by Crippen LogP contribution is -2.24. The van der Waals surface area contributed by atoms with E-state index in [-0.39, 0.29) is 5.91 Å². The summed E-state index contributed by atoms with van der Waals surface area (Å²) in [5, 5.41) is 12.8. The number of benzene rings is 1. The lowest BCUT2D eigenvalue weighted by molar-refractivity contribution is -0.118. The molecule has 25 heavy (non-hydrogen) atoms. The van der Waals surface area contributed by atoms with E-state index in [2.05, 4.69) is 33.5 Å². The predicted molar refractivity (Wildman–Crippen MR) is 100 cm³/mol. The summed E-state index contributed by atoms with van der Waals surface area (Å²) in [6.07, 6.45) is 4.41. The van der Waals surface area contributed by atoms with Gasteiger partial charge in [-0.1, -0.05) is 36.9 Å². The molecule has 0 aliphatic rings. The minimum atomic E-state index is -0.0330. The van der Waals surface area contributed by atoms with Crippen LogP contribution in [0.5, 0.6) is 0 Å². The molecule has 6 nitrogen and oxygen atoms in total. The summed E-state index contributed by atoms with van der Waals surface area (Å²) >= 11 is 2.97. The molecule has 130 valence electrons. The van der Waals surface area contributed by atoms with Crippen LogP contribution >= 0.6 is 23.1 Å². The minimum Gasteiger partial charge on any atom is -0.350 e. The Morgan fingerprint density at radius 3 is 2.96 bits per heavy atom. The van der Waals surface area contributed by atoms with Crippen molar-refractivity contribution >= 4 is 29.0 Å². The van der Waals surface area contributed by atoms with Crippen LogP contribution in [0.25, 0.3) is 5.69 Å². The van der Waals surface area contributed by atoms with Gasteiger partial charge in [0.15, 0.2) is 5.16 Å². The number of para-hydroxylation sites is 1. The third-order valence-electron chi connectivity index (χ3n) is 3.61. The second-order valence-electron chi connectivity index (χ2n) is 5.38. The average molecular weight is 374 g/mol. The molecule has 0 bridgehead atoms. The third-order valence-corrected chi connectivity index (χ3v) is 5.47. The number of carbonyl (C=O) groups excluding carboxylic acids is 1. The highest BCUT2D eigenvalue weighted by Crippen LogP contribution is 2.22. The number of thioether (sulfide) groups is 1. The summed E-state index contributed by atoms with van der Waals surface area (Å²) in [5.41, 5.74) is 2.27. The fourth-order valence-electron chi connectivity index (χ4n) is 2.39. The molecule has 0 radical (unpaired) electrons. The predicted octanol–water partition coefficient (Wildman–Crippen LogP) is 3.00. The number of aromatic nitrogens is 4. The summed E-state index contributed by atoms with van der Waals surface area (Å²) in [6, 6.07) is 8.15. The Balaban J connectivity index is 1.60. The lowest BCUT2D eigenvalue weighted by Gasteiger charge is -2.10. The van der Waals surface area contributed by atoms with Gasteiger partial charge in [0.05, 0.1) is 23.0 Å². The molecule has 1 N–H and O–H groups in total. The number of nitrogens with one attached hydrogen (secondary N) is 1. The molecule has 0 aliphatic carbocycles. The quantitative estimate of drug-likeness (QED) is 0.645. The van der Waals surface area contributed by atoms with E-state index in [0.717, 1.165) is 22.0 Å². The molecular weight excluding hydrogens is 354 g/mol. The SMILES string of the molecule is CCc1ccccc1-n1cnnc1SCC(=O)NCc1cnc(C)s1. The highest BCUT2D eigenvalue weighted by Gasteiger charge is 2.12. The molecule has 0 aliphatic heterocycles. The number of amides is 1. The molecular formula is C17H19N5OS2. The second kappa shape index (κ2) is 8.26. The number of rotatable bonds is 7. The Morgan fingerprint density at radius 1 is 1.36 bits per heavy atom. The van der Waals surface area contributed by atoms with Crippen LogP contribution < -0.4 is 5.32 Å². The van der Waals surface area contributed by atoms with Crippen molar-refractivity contribution in [1.82, 2.24) is 25.1 Å². The van der Waals surface area contributed by atoms with E-state index in [4.69, 9.17) is 0 Å². The Morgan fingerprint density at radius 2 is 2.20 bits per heavy atom. The van der Waals surface area contributed by atoms with Gasteiger partial charge in [-0.2, -0.15) is 0 Å². The summed E-state index contributed by atoms with van der Waals surface area (Å²) in [7, 11) is 0. The summed E-state index contributed by atoms with van der Waals surface area (Å²) in [6.45, 7) is 4.58. The van der Waals surface area contributed by atoms with E-state index in [1.54, 1.807) is 23.9 Å². The molecule has 0 fully saturated rings. The standard InChI is InChI=1S/C17H19N5OS2/c1-3-13-6-4-5-7-15(13)22-11-20-21-17(22)24-10-16(23)19-9-14-8-18-12(2)25-14/h4-8,11H,3,9-10H2,1-2H3,(H,19,23). The number of thiazole rings is 1. The van der Waals surface area contributed by atoms with Gasteiger partial charge in [0, 0.05) is 11.1 Å². The van der Waals surface area contributed by atoms with Gasteiger partial charge in [-0.25, -0.2) is 4.98 Å². The first-order chi connectivity index (χ1) is 12.2. The minimum absolute atomic E-state index is 0.0330. The largest absolute Gasteiger partial charge is 0.350 e. The Hall–Kier alpha value is -2.19. The van der Waals surface area contributed by atoms with E-state index < -0.39 is 0 Å². The number of hydrogen-bond acceptors (Lipinski definition) is 6. The fourth-order valence-corrected chi connectivity index (χ4v) is 3.87. The summed E-state index contributed by atoms with van der Waals surface area (Å²) in [5.74, 6) is 0.263. The summed E-state index contributed by atoms with van der Waals surface area (Å²) in [4.78, 5) is 17.3. The zero-order valence-electron chi connectivity index (χ0n) is 14.1. The molecule has 0 atom stereocenters. The zero-order valence-corrected chi connectivity index (χ0v) is 15.7. The van der Waals surface area contributed by atoms with Crippen molar-refractivity contribution in [3.8, 4) is 5.69 Å². The van der Waals surface area contributed by atoms with Crippen LogP contribution in [0.15, 0.2) is 41.9 Å². The smallest absolute Gasteiger partial charge is 0.230 e. The van der Waals surface area contributed by atoms with E-state index in [1.165, 1.54) is 17.3 Å². The van der Waals surface area contributed by atoms with Crippen LogP contribution in [0, 0.1) is 6.92 Å². The summed E-state index contributed by atoms with van der Waals surface area (Å²) < 4.78 is 1.93. The van der Waals surface area contributed by atoms with Gasteiger partial charge in [-0.15, -0.1) is 21.5 Å². The molecule has 0 saturated heterocycles. The first kappa shape index (κ1) is 17.6. The zero-order chi connectivity index (χ0) is 17.6. The van der Waals surface area contributed by atoms with Gasteiger partial charge in [-0.05, 0) is 25.0 Å². The third kappa shape index (κ3) is 4.46. The maximum absolute atomic E-state index is 12.1. The Bertz CT molecular complexity index is 858. The van der Waals surface area contributed by atoms with Gasteiger partial charge < -0.3 is 5.32 Å². The maximum atomic E-state index is 12.1. The first-order valence-electron chi connectivity index (χ1n) is 7.96. The molecule has 3 aromatic rings. The highest BCUT2D eigenvalue weighted by atomic mass is 32.2. The van der Waals surface area contributed by atoms with Gasteiger partial charge in [0.2, 0.25) is 5.91 Å². The van der Waals surface area contributed by atoms with Gasteiger partial charge in [0.1, 0.15) is 6.33 Å². The van der Waals surface area contributed by atoms with Crippen molar-refractivity contribution in [1.29, 1.82) is 0 Å². The topological polar surface area (TPSA) is 72.7 Å². The van der Waals surface area contributed by atoms with Crippen LogP contribution in [0.4, 0.5) is 0 Å². The number of nitrogens with zero attached hydrogens (tertiary/aromatic N) is 4. The molecule has 1 aromatic carbocycles.